The van der Waals surface area contributed by atoms with E-state index in [2.05, 4.69) is 4.74 Å². The van der Waals surface area contributed by atoms with Gasteiger partial charge in [-0.2, -0.15) is 0 Å². The molecule has 2 aromatic carbocycles. The van der Waals surface area contributed by atoms with Crippen molar-refractivity contribution in [1.29, 1.82) is 0 Å². The molecular weight excluding hydrogens is 365 g/mol. The lowest BCUT2D eigenvalue weighted by Gasteiger charge is -2.11. The van der Waals surface area contributed by atoms with Crippen molar-refractivity contribution in [1.82, 2.24) is 0 Å². The normalized spacial score (nSPS) is 12.6. The zero-order valence-corrected chi connectivity index (χ0v) is 14.1. The Morgan fingerprint density at radius 1 is 1.07 bits per heavy atom. The fraction of sp³-hybridized carbons (Fsp3) is 0.158. The Balaban J connectivity index is 2.10. The number of halogens is 3. The second kappa shape index (κ2) is 8.39. The second-order valence-corrected chi connectivity index (χ2v) is 5.41. The van der Waals surface area contributed by atoms with Crippen LogP contribution in [-0.4, -0.2) is 29.3 Å². The molecule has 0 heterocycles. The molecule has 0 spiro atoms. The summed E-state index contributed by atoms with van der Waals surface area (Å²) in [7, 11) is 0. The molecule has 142 valence electrons. The number of alkyl halides is 3. The Bertz CT molecular complexity index is 841. The lowest BCUT2D eigenvalue weighted by Crippen LogP contribution is -2.22. The molecule has 0 aliphatic carbocycles. The number of para-hydroxylation sites is 1. The van der Waals surface area contributed by atoms with Crippen LogP contribution in [0.2, 0.25) is 0 Å². The van der Waals surface area contributed by atoms with Crippen LogP contribution in [0.4, 0.5) is 13.2 Å². The number of benzene rings is 2. The number of aliphatic carboxylic acids is 1. The van der Waals surface area contributed by atoms with Crippen LogP contribution in [-0.2, 0) is 4.79 Å². The van der Waals surface area contributed by atoms with Crippen LogP contribution < -0.4 is 9.47 Å². The highest BCUT2D eigenvalue weighted by Crippen LogP contribution is 2.27. The van der Waals surface area contributed by atoms with Gasteiger partial charge in [-0.1, -0.05) is 18.2 Å². The van der Waals surface area contributed by atoms with Crippen LogP contribution in [0, 0.1) is 0 Å². The van der Waals surface area contributed by atoms with Crippen molar-refractivity contribution >= 4 is 17.8 Å². The number of rotatable bonds is 7. The molecule has 5 nitrogen and oxygen atoms in total. The van der Waals surface area contributed by atoms with E-state index in [0.717, 1.165) is 12.1 Å². The standard InChI is InChI=1S/C19H15F3O5/c1-12(18(24)25)26-15-9-6-13(7-10-15)16(23)11-8-14-4-2-3-5-17(14)27-19(20,21)22/h2-12H,1H3,(H,24,25)/b11-8+. The molecule has 0 aliphatic heterocycles. The molecule has 0 saturated heterocycles. The number of carboxylic acid groups (broad SMARTS) is 1. The second-order valence-electron chi connectivity index (χ2n) is 5.41. The van der Waals surface area contributed by atoms with Gasteiger partial charge in [0, 0.05) is 11.1 Å². The van der Waals surface area contributed by atoms with Gasteiger partial charge in [0.1, 0.15) is 11.5 Å². The molecule has 27 heavy (non-hydrogen) atoms. The average molecular weight is 380 g/mol. The molecule has 0 radical (unpaired) electrons. The Labute approximate surface area is 152 Å². The van der Waals surface area contributed by atoms with E-state index in [9.17, 15) is 22.8 Å². The number of carbonyl (C=O) groups excluding carboxylic acids is 1. The van der Waals surface area contributed by atoms with E-state index in [1.807, 2.05) is 0 Å². The SMILES string of the molecule is CC(Oc1ccc(C(=O)/C=C/c2ccccc2OC(F)(F)F)cc1)C(=O)O. The maximum atomic E-state index is 12.4. The Kier molecular flexibility index (Phi) is 6.23. The van der Waals surface area contributed by atoms with Crippen molar-refractivity contribution < 1.29 is 37.3 Å². The molecule has 0 fully saturated rings. The molecule has 1 N–H and O–H groups in total. The lowest BCUT2D eigenvalue weighted by molar-refractivity contribution is -0.274. The van der Waals surface area contributed by atoms with Crippen molar-refractivity contribution in [2.45, 2.75) is 19.4 Å². The summed E-state index contributed by atoms with van der Waals surface area (Å²) in [6, 6.07) is 11.1. The monoisotopic (exact) mass is 380 g/mol. The van der Waals surface area contributed by atoms with E-state index < -0.39 is 30.0 Å². The topological polar surface area (TPSA) is 72.8 Å². The van der Waals surface area contributed by atoms with Gasteiger partial charge in [-0.15, -0.1) is 13.2 Å². The van der Waals surface area contributed by atoms with Crippen LogP contribution in [0.25, 0.3) is 6.08 Å². The van der Waals surface area contributed by atoms with Crippen LogP contribution in [0.3, 0.4) is 0 Å². The van der Waals surface area contributed by atoms with Gasteiger partial charge < -0.3 is 14.6 Å². The van der Waals surface area contributed by atoms with Crippen molar-refractivity contribution in [2.75, 3.05) is 0 Å². The number of ketones is 1. The fourth-order valence-corrected chi connectivity index (χ4v) is 2.05. The molecule has 2 rings (SSSR count). The zero-order chi connectivity index (χ0) is 20.0. The van der Waals surface area contributed by atoms with Crippen molar-refractivity contribution in [3.8, 4) is 11.5 Å². The minimum Gasteiger partial charge on any atom is -0.479 e. The van der Waals surface area contributed by atoms with E-state index in [0.29, 0.717) is 0 Å². The van der Waals surface area contributed by atoms with Crippen molar-refractivity contribution in [3.63, 3.8) is 0 Å². The summed E-state index contributed by atoms with van der Waals surface area (Å²) in [6.45, 7) is 1.37. The van der Waals surface area contributed by atoms with Gasteiger partial charge in [0.15, 0.2) is 11.9 Å². The Morgan fingerprint density at radius 2 is 1.70 bits per heavy atom. The third kappa shape index (κ3) is 6.18. The van der Waals surface area contributed by atoms with Gasteiger partial charge in [0.2, 0.25) is 0 Å². The van der Waals surface area contributed by atoms with Crippen LogP contribution >= 0.6 is 0 Å². The summed E-state index contributed by atoms with van der Waals surface area (Å²) in [4.78, 5) is 22.9. The van der Waals surface area contributed by atoms with E-state index in [1.165, 1.54) is 55.5 Å². The molecule has 0 saturated carbocycles. The minimum absolute atomic E-state index is 0.0958. The zero-order valence-electron chi connectivity index (χ0n) is 14.1. The molecule has 1 unspecified atom stereocenters. The quantitative estimate of drug-likeness (QED) is 0.572. The number of hydrogen-bond acceptors (Lipinski definition) is 4. The van der Waals surface area contributed by atoms with Crippen molar-refractivity contribution in [3.05, 3.63) is 65.7 Å². The Morgan fingerprint density at radius 3 is 2.30 bits per heavy atom. The average Bonchev–Trinajstić information content (AvgIpc) is 2.60. The third-order valence-corrected chi connectivity index (χ3v) is 3.36. The predicted molar refractivity (Wildman–Crippen MR) is 90.7 cm³/mol. The summed E-state index contributed by atoms with van der Waals surface area (Å²) in [5.74, 6) is -1.72. The number of hydrogen-bond donors (Lipinski definition) is 1. The fourth-order valence-electron chi connectivity index (χ4n) is 2.05. The molecule has 0 amide bonds. The highest BCUT2D eigenvalue weighted by atomic mass is 19.4. The molecule has 0 bridgehead atoms. The van der Waals surface area contributed by atoms with E-state index >= 15 is 0 Å². The number of allylic oxidation sites excluding steroid dienone is 1. The van der Waals surface area contributed by atoms with Gasteiger partial charge in [0.05, 0.1) is 0 Å². The predicted octanol–water partition coefficient (Wildman–Crippen LogP) is 4.33. The lowest BCUT2D eigenvalue weighted by atomic mass is 10.1. The first kappa shape index (κ1) is 20.0. The maximum absolute atomic E-state index is 12.4. The highest BCUT2D eigenvalue weighted by molar-refractivity contribution is 6.07. The molecule has 0 aromatic heterocycles. The smallest absolute Gasteiger partial charge is 0.479 e. The summed E-state index contributed by atoms with van der Waals surface area (Å²) in [6.07, 6.45) is -3.54. The molecule has 0 aliphatic rings. The molecular formula is C19H15F3O5. The maximum Gasteiger partial charge on any atom is 0.573 e. The number of carboxylic acids is 1. The van der Waals surface area contributed by atoms with Crippen LogP contribution in [0.15, 0.2) is 54.6 Å². The summed E-state index contributed by atoms with van der Waals surface area (Å²) < 4.78 is 46.3. The number of ether oxygens (including phenoxy) is 2. The van der Waals surface area contributed by atoms with Crippen molar-refractivity contribution in [2.24, 2.45) is 0 Å². The summed E-state index contributed by atoms with van der Waals surface area (Å²) in [5.41, 5.74) is 0.356. The summed E-state index contributed by atoms with van der Waals surface area (Å²) >= 11 is 0. The van der Waals surface area contributed by atoms with Gasteiger partial charge in [-0.3, -0.25) is 4.79 Å². The highest BCUT2D eigenvalue weighted by Gasteiger charge is 2.31. The van der Waals surface area contributed by atoms with E-state index in [4.69, 9.17) is 9.84 Å². The molecule has 1 atom stereocenters. The third-order valence-electron chi connectivity index (χ3n) is 3.36. The Hall–Kier alpha value is -3.29. The minimum atomic E-state index is -4.84. The van der Waals surface area contributed by atoms with Gasteiger partial charge in [-0.25, -0.2) is 4.79 Å². The largest absolute Gasteiger partial charge is 0.573 e. The molecule has 8 heteroatoms. The van der Waals surface area contributed by atoms with Gasteiger partial charge >= 0.3 is 12.3 Å². The molecule has 2 aromatic rings. The summed E-state index contributed by atoms with van der Waals surface area (Å²) in [5, 5.41) is 8.79. The number of carbonyl (C=O) groups is 2. The van der Waals surface area contributed by atoms with Gasteiger partial charge in [0.25, 0.3) is 0 Å². The van der Waals surface area contributed by atoms with E-state index in [1.54, 1.807) is 0 Å². The first-order valence-electron chi connectivity index (χ1n) is 7.72. The van der Waals surface area contributed by atoms with E-state index in [-0.39, 0.29) is 16.9 Å². The van der Waals surface area contributed by atoms with Gasteiger partial charge in [-0.05, 0) is 49.4 Å². The first-order chi connectivity index (χ1) is 12.7. The van der Waals surface area contributed by atoms with Crippen LogP contribution in [0.5, 0.6) is 11.5 Å². The first-order valence-corrected chi connectivity index (χ1v) is 7.72. The van der Waals surface area contributed by atoms with Crippen LogP contribution in [0.1, 0.15) is 22.8 Å².